The van der Waals surface area contributed by atoms with Crippen LogP contribution in [0.25, 0.3) is 0 Å². The van der Waals surface area contributed by atoms with E-state index in [-0.39, 0.29) is 0 Å². The third-order valence-corrected chi connectivity index (χ3v) is 3.25. The molecule has 1 aliphatic heterocycles. The molecule has 0 saturated carbocycles. The van der Waals surface area contributed by atoms with Crippen LogP contribution in [0.2, 0.25) is 0 Å². The summed E-state index contributed by atoms with van der Waals surface area (Å²) >= 11 is 2.36. The van der Waals surface area contributed by atoms with Gasteiger partial charge in [-0.3, -0.25) is 9.89 Å². The zero-order valence-corrected chi connectivity index (χ0v) is 10.6. The predicted molar refractivity (Wildman–Crippen MR) is 67.1 cm³/mol. The number of likely N-dealkylation sites (N-methyl/N-ethyl adjacent to an activating group) is 1. The Hall–Kier alpha value is -0.580. The highest BCUT2D eigenvalue weighted by Gasteiger charge is 2.21. The van der Waals surface area contributed by atoms with E-state index < -0.39 is 0 Å². The average molecular weight is 301 g/mol. The van der Waals surface area contributed by atoms with Gasteiger partial charge in [-0.15, -0.1) is 0 Å². The lowest BCUT2D eigenvalue weighted by Gasteiger charge is -2.04. The molecule has 0 atom stereocenters. The molecule has 14 heavy (non-hydrogen) atoms. The molecule has 74 valence electrons. The third-order valence-electron chi connectivity index (χ3n) is 2.58. The Morgan fingerprint density at radius 1 is 1.43 bits per heavy atom. The highest BCUT2D eigenvalue weighted by molar-refractivity contribution is 14.1. The number of aryl methyl sites for hydroxylation is 1. The maximum atomic E-state index is 3.43. The van der Waals surface area contributed by atoms with Crippen LogP contribution in [0.3, 0.4) is 0 Å². The van der Waals surface area contributed by atoms with Crippen LogP contribution in [0.15, 0.2) is 18.2 Å². The second kappa shape index (κ2) is 3.88. The van der Waals surface area contributed by atoms with Crippen molar-refractivity contribution in [2.45, 2.75) is 6.92 Å². The van der Waals surface area contributed by atoms with Crippen molar-refractivity contribution < 1.29 is 4.58 Å². The molecule has 1 N–H and O–H groups in total. The van der Waals surface area contributed by atoms with E-state index in [1.165, 1.54) is 20.5 Å². The molecule has 1 aromatic rings. The number of hydrogen-bond acceptors (Lipinski definition) is 1. The smallest absolute Gasteiger partial charge is 0.270 e. The van der Waals surface area contributed by atoms with Crippen LogP contribution in [0.1, 0.15) is 11.1 Å². The minimum atomic E-state index is 1.05. The fourth-order valence-electron chi connectivity index (χ4n) is 1.74. The van der Waals surface area contributed by atoms with Crippen molar-refractivity contribution in [1.29, 1.82) is 0 Å². The van der Waals surface area contributed by atoms with Crippen LogP contribution in [-0.2, 0) is 0 Å². The van der Waals surface area contributed by atoms with Gasteiger partial charge in [0.25, 0.3) is 5.84 Å². The number of nitrogens with zero attached hydrogens (tertiary/aromatic N) is 1. The minimum absolute atomic E-state index is 1.05. The Morgan fingerprint density at radius 3 is 2.86 bits per heavy atom. The Labute approximate surface area is 98.2 Å². The zero-order valence-electron chi connectivity index (χ0n) is 8.47. The molecule has 0 unspecified atom stereocenters. The van der Waals surface area contributed by atoms with Crippen molar-refractivity contribution in [2.24, 2.45) is 0 Å². The van der Waals surface area contributed by atoms with Crippen molar-refractivity contribution in [3.63, 3.8) is 0 Å². The molecule has 0 aromatic heterocycles. The summed E-state index contributed by atoms with van der Waals surface area (Å²) < 4.78 is 3.57. The molecule has 2 nitrogen and oxygen atoms in total. The fraction of sp³-hybridized carbons (Fsp3) is 0.364. The second-order valence-corrected chi connectivity index (χ2v) is 4.90. The topological polar surface area (TPSA) is 15.0 Å². The molecule has 1 aromatic carbocycles. The van der Waals surface area contributed by atoms with Gasteiger partial charge in [-0.25, -0.2) is 0 Å². The van der Waals surface area contributed by atoms with Crippen LogP contribution in [0, 0.1) is 10.5 Å². The van der Waals surface area contributed by atoms with Crippen LogP contribution < -0.4 is 5.32 Å². The Balaban J connectivity index is 2.50. The van der Waals surface area contributed by atoms with E-state index in [2.05, 4.69) is 64.7 Å². The lowest BCUT2D eigenvalue weighted by molar-refractivity contribution is -0.485. The van der Waals surface area contributed by atoms with Crippen LogP contribution in [-0.4, -0.2) is 30.5 Å². The number of halogens is 1. The van der Waals surface area contributed by atoms with Crippen LogP contribution in [0.5, 0.6) is 0 Å². The molecule has 0 bridgehead atoms. The first-order chi connectivity index (χ1) is 6.68. The summed E-state index contributed by atoms with van der Waals surface area (Å²) in [6.45, 7) is 4.31. The van der Waals surface area contributed by atoms with E-state index in [4.69, 9.17) is 0 Å². The van der Waals surface area contributed by atoms with Crippen LogP contribution >= 0.6 is 22.6 Å². The number of benzene rings is 1. The highest BCUT2D eigenvalue weighted by atomic mass is 127. The van der Waals surface area contributed by atoms with Crippen molar-refractivity contribution >= 4 is 28.4 Å². The summed E-state index contributed by atoms with van der Waals surface area (Å²) in [5.74, 6) is 1.26. The maximum Gasteiger partial charge on any atom is 0.277 e. The lowest BCUT2D eigenvalue weighted by Crippen LogP contribution is -2.23. The van der Waals surface area contributed by atoms with Gasteiger partial charge < -0.3 is 0 Å². The molecule has 0 fully saturated rings. The molecule has 1 aliphatic rings. The largest absolute Gasteiger partial charge is 0.277 e. The molecular weight excluding hydrogens is 287 g/mol. The zero-order chi connectivity index (χ0) is 10.1. The molecule has 0 spiro atoms. The van der Waals surface area contributed by atoms with Gasteiger partial charge >= 0.3 is 0 Å². The molecule has 2 rings (SSSR count). The van der Waals surface area contributed by atoms with Gasteiger partial charge in [0.05, 0.1) is 12.6 Å². The van der Waals surface area contributed by atoms with Crippen molar-refractivity contribution in [1.82, 2.24) is 5.32 Å². The Kier molecular flexibility index (Phi) is 2.76. The average Bonchev–Trinajstić information content (AvgIpc) is 2.56. The number of amidine groups is 1. The summed E-state index contributed by atoms with van der Waals surface area (Å²) in [4.78, 5) is 0. The molecule has 0 radical (unpaired) electrons. The quantitative estimate of drug-likeness (QED) is 0.615. The summed E-state index contributed by atoms with van der Waals surface area (Å²) in [6, 6.07) is 6.56. The standard InChI is InChI=1S/C11H13IN2/c1-8-3-4-9(12)7-10(8)11-13-5-6-14(11)2/h3-4,7H,5-6H2,1-2H3/p+1. The van der Waals surface area contributed by atoms with E-state index >= 15 is 0 Å². The van der Waals surface area contributed by atoms with Crippen molar-refractivity contribution in [3.8, 4) is 0 Å². The van der Waals surface area contributed by atoms with Crippen LogP contribution in [0.4, 0.5) is 0 Å². The predicted octanol–water partition coefficient (Wildman–Crippen LogP) is 1.59. The molecular formula is C11H14IN2+. The van der Waals surface area contributed by atoms with Gasteiger partial charge in [-0.1, -0.05) is 6.07 Å². The summed E-state index contributed by atoms with van der Waals surface area (Å²) in [5, 5.41) is 3.43. The summed E-state index contributed by atoms with van der Waals surface area (Å²) in [5.41, 5.74) is 2.67. The summed E-state index contributed by atoms with van der Waals surface area (Å²) in [7, 11) is 2.13. The lowest BCUT2D eigenvalue weighted by atomic mass is 10.1. The molecule has 0 saturated heterocycles. The number of nitrogens with one attached hydrogen (secondary N) is 1. The highest BCUT2D eigenvalue weighted by Crippen LogP contribution is 2.14. The first-order valence-corrected chi connectivity index (χ1v) is 5.85. The number of hydrogen-bond donors (Lipinski definition) is 1. The fourth-order valence-corrected chi connectivity index (χ4v) is 2.23. The van der Waals surface area contributed by atoms with Gasteiger partial charge in [0.2, 0.25) is 0 Å². The SMILES string of the molecule is Cc1ccc(I)cc1C1=[N+](C)CCN1. The van der Waals surface area contributed by atoms with Gasteiger partial charge in [0, 0.05) is 3.57 Å². The first kappa shape index (κ1) is 9.96. The van der Waals surface area contributed by atoms with E-state index in [1.807, 2.05) is 0 Å². The molecule has 3 heteroatoms. The van der Waals surface area contributed by atoms with Gasteiger partial charge in [0.15, 0.2) is 0 Å². The summed E-state index contributed by atoms with van der Waals surface area (Å²) in [6.07, 6.45) is 0. The minimum Gasteiger partial charge on any atom is -0.270 e. The van der Waals surface area contributed by atoms with E-state index in [0.29, 0.717) is 0 Å². The van der Waals surface area contributed by atoms with Crippen molar-refractivity contribution in [2.75, 3.05) is 20.1 Å². The van der Waals surface area contributed by atoms with Crippen molar-refractivity contribution in [3.05, 3.63) is 32.9 Å². The monoisotopic (exact) mass is 301 g/mol. The van der Waals surface area contributed by atoms with E-state index in [9.17, 15) is 0 Å². The van der Waals surface area contributed by atoms with Gasteiger partial charge in [-0.05, 0) is 47.2 Å². The Morgan fingerprint density at radius 2 is 2.21 bits per heavy atom. The molecule has 0 aliphatic carbocycles. The second-order valence-electron chi connectivity index (χ2n) is 3.66. The van der Waals surface area contributed by atoms with E-state index in [0.717, 1.165) is 13.1 Å². The molecule has 0 amide bonds. The van der Waals surface area contributed by atoms with E-state index in [1.54, 1.807) is 0 Å². The first-order valence-electron chi connectivity index (χ1n) is 4.77. The Bertz CT molecular complexity index is 396. The number of rotatable bonds is 1. The maximum absolute atomic E-state index is 3.43. The normalized spacial score (nSPS) is 15.9. The third kappa shape index (κ3) is 1.78. The molecule has 1 heterocycles. The van der Waals surface area contributed by atoms with Gasteiger partial charge in [-0.2, -0.15) is 0 Å². The van der Waals surface area contributed by atoms with Gasteiger partial charge in [0.1, 0.15) is 13.1 Å².